The van der Waals surface area contributed by atoms with Crippen LogP contribution in [0.5, 0.6) is 0 Å². The molecule has 0 fully saturated rings. The van der Waals surface area contributed by atoms with Gasteiger partial charge in [0.2, 0.25) is 0 Å². The summed E-state index contributed by atoms with van der Waals surface area (Å²) in [5.74, 6) is -0.379. The van der Waals surface area contributed by atoms with Gasteiger partial charge in [-0.1, -0.05) is 24.3 Å². The van der Waals surface area contributed by atoms with E-state index in [4.69, 9.17) is 9.47 Å². The molecule has 0 saturated carbocycles. The molecule has 1 amide bonds. The number of carbonyl (C=O) groups excluding carboxylic acids is 2. The smallest absolute Gasteiger partial charge is 0.251 e. The molecule has 1 aliphatic rings. The predicted octanol–water partition coefficient (Wildman–Crippen LogP) is 0.954. The van der Waals surface area contributed by atoms with E-state index in [9.17, 15) is 9.59 Å². The molecule has 0 aromatic heterocycles. The van der Waals surface area contributed by atoms with Crippen LogP contribution in [0.2, 0.25) is 0 Å². The highest BCUT2D eigenvalue weighted by atomic mass is 16.5. The summed E-state index contributed by atoms with van der Waals surface area (Å²) in [6.07, 6.45) is 1.81. The Morgan fingerprint density at radius 3 is 2.45 bits per heavy atom. The van der Waals surface area contributed by atoms with Crippen LogP contribution in [0.25, 0.3) is 0 Å². The fourth-order valence-corrected chi connectivity index (χ4v) is 2.23. The Morgan fingerprint density at radius 1 is 1.15 bits per heavy atom. The first-order chi connectivity index (χ1) is 9.67. The fraction of sp³-hybridized carbons (Fsp3) is 0.333. The number of hydrogen-bond donors (Lipinski definition) is 1. The van der Waals surface area contributed by atoms with E-state index >= 15 is 0 Å². The minimum absolute atomic E-state index is 0.162. The third kappa shape index (κ3) is 2.95. The van der Waals surface area contributed by atoms with Crippen LogP contribution in [-0.2, 0) is 14.3 Å². The molecule has 2 rings (SSSR count). The molecule has 5 heteroatoms. The third-order valence-corrected chi connectivity index (χ3v) is 3.26. The van der Waals surface area contributed by atoms with Crippen LogP contribution in [0, 0.1) is 0 Å². The van der Waals surface area contributed by atoms with Gasteiger partial charge in [-0.05, 0) is 18.2 Å². The second-order valence-corrected chi connectivity index (χ2v) is 4.48. The summed E-state index contributed by atoms with van der Waals surface area (Å²) in [6, 6.07) is 8.47. The van der Waals surface area contributed by atoms with Crippen molar-refractivity contribution in [3.63, 3.8) is 0 Å². The average Bonchev–Trinajstić information content (AvgIpc) is 2.49. The van der Waals surface area contributed by atoms with E-state index in [2.05, 4.69) is 5.32 Å². The summed E-state index contributed by atoms with van der Waals surface area (Å²) in [5, 5.41) is 2.84. The van der Waals surface area contributed by atoms with E-state index in [0.29, 0.717) is 5.56 Å². The molecule has 5 nitrogen and oxygen atoms in total. The molecular weight excluding hydrogens is 258 g/mol. The second kappa shape index (κ2) is 6.45. The fourth-order valence-electron chi connectivity index (χ4n) is 2.23. The Balaban J connectivity index is 2.14. The Kier molecular flexibility index (Phi) is 4.65. The summed E-state index contributed by atoms with van der Waals surface area (Å²) in [7, 11) is 2.94. The Hall–Kier alpha value is -1.98. The lowest BCUT2D eigenvalue weighted by Gasteiger charge is -2.32. The van der Waals surface area contributed by atoms with Gasteiger partial charge in [-0.3, -0.25) is 9.59 Å². The van der Waals surface area contributed by atoms with Crippen molar-refractivity contribution in [3.05, 3.63) is 48.0 Å². The van der Waals surface area contributed by atoms with E-state index in [0.717, 1.165) is 0 Å². The number of hydrogen-bond acceptors (Lipinski definition) is 4. The molecule has 0 spiro atoms. The summed E-state index contributed by atoms with van der Waals surface area (Å²) in [5.41, 5.74) is 0.557. The van der Waals surface area contributed by atoms with Crippen molar-refractivity contribution >= 4 is 11.7 Å². The van der Waals surface area contributed by atoms with Crippen LogP contribution < -0.4 is 5.32 Å². The Morgan fingerprint density at radius 2 is 1.85 bits per heavy atom. The molecule has 0 bridgehead atoms. The maximum atomic E-state index is 12.1. The summed E-state index contributed by atoms with van der Waals surface area (Å²) in [6.45, 7) is 0. The molecule has 1 N–H and O–H groups in total. The lowest BCUT2D eigenvalue weighted by Crippen LogP contribution is -2.53. The van der Waals surface area contributed by atoms with Crippen LogP contribution in [0.4, 0.5) is 0 Å². The van der Waals surface area contributed by atoms with Gasteiger partial charge < -0.3 is 14.8 Å². The van der Waals surface area contributed by atoms with Gasteiger partial charge >= 0.3 is 0 Å². The van der Waals surface area contributed by atoms with Crippen molar-refractivity contribution in [2.24, 2.45) is 0 Å². The van der Waals surface area contributed by atoms with Gasteiger partial charge in [0, 0.05) is 19.8 Å². The van der Waals surface area contributed by atoms with E-state index in [1.54, 1.807) is 30.3 Å². The Labute approximate surface area is 117 Å². The number of ether oxygens (including phenoxy) is 2. The van der Waals surface area contributed by atoms with Gasteiger partial charge in [-0.2, -0.15) is 0 Å². The van der Waals surface area contributed by atoms with Crippen LogP contribution >= 0.6 is 0 Å². The van der Waals surface area contributed by atoms with Crippen molar-refractivity contribution in [1.29, 1.82) is 0 Å². The van der Waals surface area contributed by atoms with Gasteiger partial charge in [0.25, 0.3) is 5.91 Å². The minimum Gasteiger partial charge on any atom is -0.376 e. The first-order valence-corrected chi connectivity index (χ1v) is 6.31. The van der Waals surface area contributed by atoms with Crippen LogP contribution in [0.1, 0.15) is 10.4 Å². The number of amides is 1. The molecule has 0 heterocycles. The monoisotopic (exact) mass is 275 g/mol. The highest BCUT2D eigenvalue weighted by molar-refractivity contribution is 5.97. The number of rotatable bonds is 4. The number of nitrogens with one attached hydrogen (secondary N) is 1. The molecule has 1 aromatic rings. The maximum absolute atomic E-state index is 12.1. The van der Waals surface area contributed by atoms with Crippen molar-refractivity contribution in [2.45, 2.75) is 18.2 Å². The van der Waals surface area contributed by atoms with Gasteiger partial charge in [0.05, 0.1) is 6.04 Å². The molecule has 106 valence electrons. The van der Waals surface area contributed by atoms with Crippen molar-refractivity contribution in [1.82, 2.24) is 5.32 Å². The van der Waals surface area contributed by atoms with Gasteiger partial charge in [-0.25, -0.2) is 0 Å². The predicted molar refractivity (Wildman–Crippen MR) is 73.4 cm³/mol. The van der Waals surface area contributed by atoms with Crippen molar-refractivity contribution in [3.8, 4) is 0 Å². The lowest BCUT2D eigenvalue weighted by atomic mass is 9.94. The first kappa shape index (κ1) is 14.4. The van der Waals surface area contributed by atoms with E-state index in [1.807, 2.05) is 6.07 Å². The van der Waals surface area contributed by atoms with Crippen LogP contribution in [0.15, 0.2) is 42.5 Å². The zero-order chi connectivity index (χ0) is 14.5. The molecule has 3 unspecified atom stereocenters. The molecule has 1 aromatic carbocycles. The molecule has 3 atom stereocenters. The molecule has 20 heavy (non-hydrogen) atoms. The standard InChI is InChI=1S/C15H17NO4/c1-19-13-11(8-9-12(17)14(13)20-2)16-15(18)10-6-4-3-5-7-10/h3-9,11,13-14H,1-2H3,(H,16,18). The third-order valence-electron chi connectivity index (χ3n) is 3.26. The SMILES string of the molecule is COC1C(=O)C=CC(NC(=O)c2ccccc2)C1OC. The number of benzene rings is 1. The molecule has 0 saturated heterocycles. The zero-order valence-corrected chi connectivity index (χ0v) is 11.4. The number of methoxy groups -OCH3 is 2. The van der Waals surface area contributed by atoms with Crippen LogP contribution in [-0.4, -0.2) is 44.2 Å². The molecule has 0 aliphatic heterocycles. The largest absolute Gasteiger partial charge is 0.376 e. The topological polar surface area (TPSA) is 64.6 Å². The number of ketones is 1. The average molecular weight is 275 g/mol. The van der Waals surface area contributed by atoms with Crippen LogP contribution in [0.3, 0.4) is 0 Å². The van der Waals surface area contributed by atoms with Gasteiger partial charge in [0.15, 0.2) is 5.78 Å². The number of carbonyl (C=O) groups is 2. The van der Waals surface area contributed by atoms with E-state index in [-0.39, 0.29) is 11.7 Å². The maximum Gasteiger partial charge on any atom is 0.251 e. The van der Waals surface area contributed by atoms with Gasteiger partial charge in [-0.15, -0.1) is 0 Å². The minimum atomic E-state index is -0.703. The molecular formula is C15H17NO4. The zero-order valence-electron chi connectivity index (χ0n) is 11.4. The normalized spacial score (nSPS) is 25.5. The summed E-state index contributed by atoms with van der Waals surface area (Å²) < 4.78 is 10.4. The van der Waals surface area contributed by atoms with Gasteiger partial charge in [0.1, 0.15) is 12.2 Å². The highest BCUT2D eigenvalue weighted by Crippen LogP contribution is 2.16. The quantitative estimate of drug-likeness (QED) is 0.888. The van der Waals surface area contributed by atoms with Crippen molar-refractivity contribution < 1.29 is 19.1 Å². The molecule has 1 aliphatic carbocycles. The summed E-state index contributed by atoms with van der Waals surface area (Å²) >= 11 is 0. The van der Waals surface area contributed by atoms with E-state index < -0.39 is 18.2 Å². The Bertz CT molecular complexity index is 512. The van der Waals surface area contributed by atoms with Crippen molar-refractivity contribution in [2.75, 3.05) is 14.2 Å². The lowest BCUT2D eigenvalue weighted by molar-refractivity contribution is -0.134. The highest BCUT2D eigenvalue weighted by Gasteiger charge is 2.36. The second-order valence-electron chi connectivity index (χ2n) is 4.48. The summed E-state index contributed by atoms with van der Waals surface area (Å²) in [4.78, 5) is 23.8. The van der Waals surface area contributed by atoms with E-state index in [1.165, 1.54) is 20.3 Å². The first-order valence-electron chi connectivity index (χ1n) is 6.31. The molecule has 0 radical (unpaired) electrons.